The third kappa shape index (κ3) is 6.72. The lowest BCUT2D eigenvalue weighted by Gasteiger charge is -2.37. The van der Waals surface area contributed by atoms with E-state index >= 15 is 0 Å². The van der Waals surface area contributed by atoms with E-state index in [1.54, 1.807) is 31.3 Å². The predicted molar refractivity (Wildman–Crippen MR) is 138 cm³/mol. The first-order valence-corrected chi connectivity index (χ1v) is 13.1. The van der Waals surface area contributed by atoms with Gasteiger partial charge in [-0.1, -0.05) is 0 Å². The number of methoxy groups -OCH3 is 1. The fourth-order valence-electron chi connectivity index (χ4n) is 4.90. The Morgan fingerprint density at radius 1 is 1.29 bits per heavy atom. The standard InChI is InChI=1S/C27H33N3O4S/c1-34-20-6-7-25-23(16-20)22(9-12-29-25)26(31)8-5-19-10-14-30(18-24(19)27(32)33)13-3-15-35-21-4-2-11-28-17-21/h2,4,6-7,9,11-12,16-17,19,24,26,31H,3,5,8,10,13-15,18H2,1H3,(H,32,33)/t19-,24+,26?/m1/s1. The van der Waals surface area contributed by atoms with Gasteiger partial charge in [0.25, 0.3) is 0 Å². The number of carboxylic acids is 1. The largest absolute Gasteiger partial charge is 0.497 e. The van der Waals surface area contributed by atoms with Crippen molar-refractivity contribution >= 4 is 28.6 Å². The summed E-state index contributed by atoms with van der Waals surface area (Å²) >= 11 is 1.78. The fourth-order valence-corrected chi connectivity index (χ4v) is 5.72. The third-order valence-corrected chi connectivity index (χ3v) is 7.90. The Labute approximate surface area is 210 Å². The van der Waals surface area contributed by atoms with E-state index in [-0.39, 0.29) is 5.92 Å². The van der Waals surface area contributed by atoms with Gasteiger partial charge in [-0.05, 0) is 92.4 Å². The molecular weight excluding hydrogens is 462 g/mol. The molecule has 0 aliphatic carbocycles. The zero-order valence-electron chi connectivity index (χ0n) is 20.0. The van der Waals surface area contributed by atoms with Gasteiger partial charge >= 0.3 is 5.97 Å². The number of fused-ring (bicyclic) bond motifs is 1. The second-order valence-corrected chi connectivity index (χ2v) is 10.2. The molecule has 186 valence electrons. The van der Waals surface area contributed by atoms with Crippen LogP contribution in [0.25, 0.3) is 10.9 Å². The van der Waals surface area contributed by atoms with Crippen LogP contribution in [0.4, 0.5) is 0 Å². The molecule has 4 rings (SSSR count). The number of aromatic nitrogens is 2. The maximum Gasteiger partial charge on any atom is 0.308 e. The molecule has 2 N–H and O–H groups in total. The van der Waals surface area contributed by atoms with Crippen LogP contribution >= 0.6 is 11.8 Å². The monoisotopic (exact) mass is 495 g/mol. The summed E-state index contributed by atoms with van der Waals surface area (Å²) in [6, 6.07) is 11.5. The number of aliphatic carboxylic acids is 1. The molecule has 1 aliphatic heterocycles. The van der Waals surface area contributed by atoms with Crippen molar-refractivity contribution in [2.45, 2.75) is 36.7 Å². The van der Waals surface area contributed by atoms with Crippen LogP contribution in [-0.4, -0.2) is 63.5 Å². The van der Waals surface area contributed by atoms with Crippen molar-refractivity contribution in [3.05, 3.63) is 60.6 Å². The molecule has 1 unspecified atom stereocenters. The molecule has 1 aromatic carbocycles. The minimum atomic E-state index is -0.738. The highest BCUT2D eigenvalue weighted by Gasteiger charge is 2.34. The number of rotatable bonds is 11. The van der Waals surface area contributed by atoms with Gasteiger partial charge in [-0.25, -0.2) is 0 Å². The van der Waals surface area contributed by atoms with Gasteiger partial charge in [-0.2, -0.15) is 0 Å². The molecule has 0 amide bonds. The molecule has 35 heavy (non-hydrogen) atoms. The molecule has 1 fully saturated rings. The van der Waals surface area contributed by atoms with Crippen LogP contribution in [0.2, 0.25) is 0 Å². The third-order valence-electron chi connectivity index (χ3n) is 6.83. The maximum absolute atomic E-state index is 12.1. The molecule has 1 aliphatic rings. The lowest BCUT2D eigenvalue weighted by atomic mass is 9.81. The van der Waals surface area contributed by atoms with Gasteiger partial charge in [-0.3, -0.25) is 14.8 Å². The summed E-state index contributed by atoms with van der Waals surface area (Å²) in [5.74, 6) is 0.622. The highest BCUT2D eigenvalue weighted by Crippen LogP contribution is 2.34. The Bertz CT molecular complexity index is 1110. The van der Waals surface area contributed by atoms with Crippen LogP contribution in [0, 0.1) is 11.8 Å². The zero-order valence-corrected chi connectivity index (χ0v) is 20.9. The molecule has 1 saturated heterocycles. The van der Waals surface area contributed by atoms with Crippen LogP contribution in [0.5, 0.6) is 5.75 Å². The predicted octanol–water partition coefficient (Wildman–Crippen LogP) is 4.66. The van der Waals surface area contributed by atoms with Crippen molar-refractivity contribution in [3.8, 4) is 5.75 Å². The summed E-state index contributed by atoms with van der Waals surface area (Å²) < 4.78 is 5.34. The summed E-state index contributed by atoms with van der Waals surface area (Å²) in [5, 5.41) is 21.8. The number of thioether (sulfide) groups is 1. The van der Waals surface area contributed by atoms with Crippen LogP contribution in [0.1, 0.15) is 37.4 Å². The Hall–Kier alpha value is -2.68. The summed E-state index contributed by atoms with van der Waals surface area (Å²) in [6.07, 6.45) is 7.72. The average molecular weight is 496 g/mol. The Kier molecular flexibility index (Phi) is 8.95. The number of pyridine rings is 2. The van der Waals surface area contributed by atoms with Crippen molar-refractivity contribution in [2.24, 2.45) is 11.8 Å². The fraction of sp³-hybridized carbons (Fsp3) is 0.444. The average Bonchev–Trinajstić information content (AvgIpc) is 2.89. The second kappa shape index (κ2) is 12.3. The normalized spacial score (nSPS) is 19.5. The Morgan fingerprint density at radius 3 is 2.94 bits per heavy atom. The maximum atomic E-state index is 12.1. The minimum absolute atomic E-state index is 0.0609. The van der Waals surface area contributed by atoms with Crippen LogP contribution in [0.15, 0.2) is 59.9 Å². The molecule has 0 bridgehead atoms. The topological polar surface area (TPSA) is 95.8 Å². The van der Waals surface area contributed by atoms with E-state index in [4.69, 9.17) is 4.74 Å². The summed E-state index contributed by atoms with van der Waals surface area (Å²) in [5.41, 5.74) is 1.62. The van der Waals surface area contributed by atoms with E-state index in [9.17, 15) is 15.0 Å². The van der Waals surface area contributed by atoms with E-state index in [0.29, 0.717) is 19.4 Å². The quantitative estimate of drug-likeness (QED) is 0.293. The number of nitrogens with zero attached hydrogens (tertiary/aromatic N) is 3. The van der Waals surface area contributed by atoms with Gasteiger partial charge < -0.3 is 19.8 Å². The number of likely N-dealkylation sites (tertiary alicyclic amines) is 1. The second-order valence-electron chi connectivity index (χ2n) is 9.06. The van der Waals surface area contributed by atoms with Crippen LogP contribution in [0.3, 0.4) is 0 Å². The van der Waals surface area contributed by atoms with Crippen LogP contribution < -0.4 is 4.74 Å². The minimum Gasteiger partial charge on any atom is -0.497 e. The molecule has 8 heteroatoms. The van der Waals surface area contributed by atoms with Gasteiger partial charge in [0.1, 0.15) is 5.75 Å². The zero-order chi connectivity index (χ0) is 24.6. The lowest BCUT2D eigenvalue weighted by molar-refractivity contribution is -0.146. The first-order chi connectivity index (χ1) is 17.0. The van der Waals surface area contributed by atoms with Crippen molar-refractivity contribution < 1.29 is 19.7 Å². The number of benzene rings is 1. The Morgan fingerprint density at radius 2 is 2.17 bits per heavy atom. The van der Waals surface area contributed by atoms with Gasteiger partial charge in [0, 0.05) is 35.4 Å². The molecule has 7 nitrogen and oxygen atoms in total. The highest BCUT2D eigenvalue weighted by atomic mass is 32.2. The summed E-state index contributed by atoms with van der Waals surface area (Å²) in [4.78, 5) is 24.0. The Balaban J connectivity index is 1.30. The SMILES string of the molecule is COc1ccc2nccc(C(O)CC[C@@H]3CCN(CCCSc4cccnc4)C[C@@H]3C(=O)O)c2c1. The molecule has 0 spiro atoms. The smallest absolute Gasteiger partial charge is 0.308 e. The molecule has 3 heterocycles. The van der Waals surface area contributed by atoms with Crippen LogP contribution in [-0.2, 0) is 4.79 Å². The van der Waals surface area contributed by atoms with Gasteiger partial charge in [-0.15, -0.1) is 11.8 Å². The number of aliphatic hydroxyl groups is 1. The first kappa shape index (κ1) is 25.4. The van der Waals surface area contributed by atoms with E-state index in [2.05, 4.69) is 20.9 Å². The molecule has 0 radical (unpaired) electrons. The molecule has 0 saturated carbocycles. The summed E-state index contributed by atoms with van der Waals surface area (Å²) in [7, 11) is 1.62. The number of aliphatic hydroxyl groups excluding tert-OH is 1. The van der Waals surface area contributed by atoms with Crippen molar-refractivity contribution in [3.63, 3.8) is 0 Å². The molecular formula is C27H33N3O4S. The van der Waals surface area contributed by atoms with Gasteiger partial charge in [0.05, 0.1) is 24.6 Å². The number of ether oxygens (including phenoxy) is 1. The van der Waals surface area contributed by atoms with E-state index in [0.717, 1.165) is 58.8 Å². The van der Waals surface area contributed by atoms with E-state index in [1.807, 2.05) is 36.5 Å². The van der Waals surface area contributed by atoms with Crippen molar-refractivity contribution in [2.75, 3.05) is 32.5 Å². The number of carboxylic acid groups (broad SMARTS) is 1. The first-order valence-electron chi connectivity index (χ1n) is 12.1. The summed E-state index contributed by atoms with van der Waals surface area (Å²) in [6.45, 7) is 2.37. The lowest BCUT2D eigenvalue weighted by Crippen LogP contribution is -2.44. The number of hydrogen-bond donors (Lipinski definition) is 2. The number of piperidine rings is 1. The van der Waals surface area contributed by atoms with Crippen molar-refractivity contribution in [1.82, 2.24) is 14.9 Å². The number of hydrogen-bond acceptors (Lipinski definition) is 7. The van der Waals surface area contributed by atoms with Crippen molar-refractivity contribution in [1.29, 1.82) is 0 Å². The van der Waals surface area contributed by atoms with Gasteiger partial charge in [0.15, 0.2) is 0 Å². The van der Waals surface area contributed by atoms with E-state index < -0.39 is 18.0 Å². The highest BCUT2D eigenvalue weighted by molar-refractivity contribution is 7.99. The number of carbonyl (C=O) groups is 1. The molecule has 3 atom stereocenters. The molecule has 2 aromatic heterocycles. The molecule has 3 aromatic rings. The van der Waals surface area contributed by atoms with Gasteiger partial charge in [0.2, 0.25) is 0 Å². The van der Waals surface area contributed by atoms with E-state index in [1.165, 1.54) is 0 Å².